The first-order chi connectivity index (χ1) is 8.22. The summed E-state index contributed by atoms with van der Waals surface area (Å²) in [6.07, 6.45) is 1.57. The van der Waals surface area contributed by atoms with Gasteiger partial charge in [0.15, 0.2) is 0 Å². The van der Waals surface area contributed by atoms with Crippen LogP contribution in [0.15, 0.2) is 39.7 Å². The Balaban J connectivity index is 2.02. The molecule has 0 spiro atoms. The van der Waals surface area contributed by atoms with Crippen molar-refractivity contribution in [1.82, 2.24) is 5.32 Å². The molecule has 1 aliphatic heterocycles. The lowest BCUT2D eigenvalue weighted by Gasteiger charge is -1.88. The Hall–Kier alpha value is -2.01. The van der Waals surface area contributed by atoms with Gasteiger partial charge in [0.2, 0.25) is 0 Å². The molecule has 1 aromatic heterocycles. The minimum absolute atomic E-state index is 0.350. The van der Waals surface area contributed by atoms with Gasteiger partial charge >= 0.3 is 0 Å². The number of hydrogen-bond acceptors (Lipinski definition) is 4. The fraction of sp³-hybridized carbons (Fsp3) is 0. The number of rotatable bonds is 1. The van der Waals surface area contributed by atoms with Crippen molar-refractivity contribution in [2.75, 3.05) is 0 Å². The molecule has 0 unspecified atom stereocenters. The SMILES string of the molecule is O=C1NC(=O)/C(=C\c2cc3ccccc3o2)S1. The average molecular weight is 245 g/mol. The van der Waals surface area contributed by atoms with Gasteiger partial charge in [-0.1, -0.05) is 18.2 Å². The summed E-state index contributed by atoms with van der Waals surface area (Å²) < 4.78 is 5.53. The van der Waals surface area contributed by atoms with Crippen LogP contribution in [0.1, 0.15) is 5.76 Å². The number of carbonyl (C=O) groups is 2. The van der Waals surface area contributed by atoms with Crippen LogP contribution in [0.4, 0.5) is 4.79 Å². The summed E-state index contributed by atoms with van der Waals surface area (Å²) in [5.74, 6) is 0.194. The number of para-hydroxylation sites is 1. The van der Waals surface area contributed by atoms with Crippen molar-refractivity contribution in [2.24, 2.45) is 0 Å². The highest BCUT2D eigenvalue weighted by atomic mass is 32.2. The number of amides is 2. The molecule has 1 fully saturated rings. The summed E-state index contributed by atoms with van der Waals surface area (Å²) in [4.78, 5) is 22.7. The molecule has 0 aliphatic carbocycles. The normalized spacial score (nSPS) is 18.0. The Morgan fingerprint density at radius 2 is 2.06 bits per heavy atom. The van der Waals surface area contributed by atoms with Crippen LogP contribution in [0, 0.1) is 0 Å². The predicted molar refractivity (Wildman–Crippen MR) is 65.3 cm³/mol. The maximum absolute atomic E-state index is 11.3. The number of nitrogens with one attached hydrogen (secondary N) is 1. The quantitative estimate of drug-likeness (QED) is 0.785. The van der Waals surface area contributed by atoms with Gasteiger partial charge in [-0.25, -0.2) is 0 Å². The molecule has 1 saturated heterocycles. The standard InChI is InChI=1S/C12H7NO3S/c14-11-10(17-12(15)13-11)6-8-5-7-3-1-2-4-9(7)16-8/h1-6H,(H,13,14,15)/b10-6+. The van der Waals surface area contributed by atoms with Gasteiger partial charge in [-0.3, -0.25) is 14.9 Å². The van der Waals surface area contributed by atoms with Gasteiger partial charge in [-0.15, -0.1) is 0 Å². The zero-order valence-corrected chi connectivity index (χ0v) is 9.41. The van der Waals surface area contributed by atoms with E-state index < -0.39 is 0 Å². The highest BCUT2D eigenvalue weighted by Crippen LogP contribution is 2.27. The van der Waals surface area contributed by atoms with Crippen LogP contribution in [0.2, 0.25) is 0 Å². The zero-order valence-electron chi connectivity index (χ0n) is 8.60. The number of fused-ring (bicyclic) bond motifs is 1. The van der Waals surface area contributed by atoms with Gasteiger partial charge in [0.1, 0.15) is 11.3 Å². The van der Waals surface area contributed by atoms with E-state index in [2.05, 4.69) is 5.32 Å². The monoisotopic (exact) mass is 245 g/mol. The van der Waals surface area contributed by atoms with Crippen molar-refractivity contribution in [1.29, 1.82) is 0 Å². The summed E-state index contributed by atoms with van der Waals surface area (Å²) in [7, 11) is 0. The van der Waals surface area contributed by atoms with Crippen LogP contribution in [-0.2, 0) is 4.79 Å². The molecule has 0 atom stereocenters. The summed E-state index contributed by atoms with van der Waals surface area (Å²) in [5, 5.41) is 2.81. The van der Waals surface area contributed by atoms with Crippen LogP contribution in [0.5, 0.6) is 0 Å². The molecule has 2 amide bonds. The second kappa shape index (κ2) is 3.78. The largest absolute Gasteiger partial charge is 0.457 e. The van der Waals surface area contributed by atoms with Crippen molar-refractivity contribution < 1.29 is 14.0 Å². The van der Waals surface area contributed by atoms with Gasteiger partial charge in [-0.05, 0) is 23.9 Å². The summed E-state index contributed by atoms with van der Waals surface area (Å²) >= 11 is 0.880. The molecule has 84 valence electrons. The molecule has 0 bridgehead atoms. The lowest BCUT2D eigenvalue weighted by atomic mass is 10.2. The predicted octanol–water partition coefficient (Wildman–Crippen LogP) is 2.76. The molecule has 1 aromatic carbocycles. The zero-order chi connectivity index (χ0) is 11.8. The molecule has 3 rings (SSSR count). The minimum atomic E-state index is -0.375. The topological polar surface area (TPSA) is 59.3 Å². The van der Waals surface area contributed by atoms with Gasteiger partial charge in [0, 0.05) is 11.5 Å². The average Bonchev–Trinajstić information content (AvgIpc) is 2.82. The van der Waals surface area contributed by atoms with E-state index in [1.54, 1.807) is 6.08 Å². The Bertz CT molecular complexity index is 624. The van der Waals surface area contributed by atoms with Crippen molar-refractivity contribution in [3.63, 3.8) is 0 Å². The van der Waals surface area contributed by atoms with Crippen LogP contribution >= 0.6 is 11.8 Å². The third-order valence-corrected chi connectivity index (χ3v) is 3.17. The van der Waals surface area contributed by atoms with E-state index in [1.165, 1.54) is 0 Å². The molecule has 0 radical (unpaired) electrons. The Morgan fingerprint density at radius 3 is 2.76 bits per heavy atom. The first kappa shape index (κ1) is 10.2. The maximum Gasteiger partial charge on any atom is 0.290 e. The van der Waals surface area contributed by atoms with E-state index in [4.69, 9.17) is 4.42 Å². The van der Waals surface area contributed by atoms with Crippen LogP contribution < -0.4 is 5.32 Å². The van der Waals surface area contributed by atoms with Gasteiger partial charge in [0.25, 0.3) is 11.1 Å². The molecule has 0 saturated carbocycles. The molecule has 1 N–H and O–H groups in total. The number of carbonyl (C=O) groups excluding carboxylic acids is 2. The summed E-state index contributed by atoms with van der Waals surface area (Å²) in [6.45, 7) is 0. The van der Waals surface area contributed by atoms with E-state index in [1.807, 2.05) is 30.3 Å². The van der Waals surface area contributed by atoms with Crippen LogP contribution in [0.3, 0.4) is 0 Å². The summed E-state index contributed by atoms with van der Waals surface area (Å²) in [6, 6.07) is 9.40. The van der Waals surface area contributed by atoms with Crippen molar-refractivity contribution in [3.05, 3.63) is 41.0 Å². The molecule has 1 aliphatic rings. The van der Waals surface area contributed by atoms with Crippen LogP contribution in [-0.4, -0.2) is 11.1 Å². The second-order valence-electron chi connectivity index (χ2n) is 3.54. The Morgan fingerprint density at radius 1 is 1.24 bits per heavy atom. The number of imide groups is 1. The van der Waals surface area contributed by atoms with E-state index in [-0.39, 0.29) is 11.1 Å². The fourth-order valence-electron chi connectivity index (χ4n) is 1.62. The van der Waals surface area contributed by atoms with E-state index >= 15 is 0 Å². The molecular formula is C12H7NO3S. The second-order valence-corrected chi connectivity index (χ2v) is 4.55. The van der Waals surface area contributed by atoms with Gasteiger partial charge in [0.05, 0.1) is 4.91 Å². The molecular weight excluding hydrogens is 238 g/mol. The van der Waals surface area contributed by atoms with Crippen molar-refractivity contribution in [3.8, 4) is 0 Å². The number of benzene rings is 1. The first-order valence-corrected chi connectivity index (χ1v) is 5.77. The fourth-order valence-corrected chi connectivity index (χ4v) is 2.29. The smallest absolute Gasteiger partial charge is 0.290 e. The van der Waals surface area contributed by atoms with Gasteiger partial charge < -0.3 is 4.42 Å². The first-order valence-electron chi connectivity index (χ1n) is 4.96. The molecule has 4 nitrogen and oxygen atoms in total. The minimum Gasteiger partial charge on any atom is -0.457 e. The lowest BCUT2D eigenvalue weighted by Crippen LogP contribution is -2.17. The van der Waals surface area contributed by atoms with E-state index in [9.17, 15) is 9.59 Å². The molecule has 2 aromatic rings. The number of hydrogen-bond donors (Lipinski definition) is 1. The third-order valence-electron chi connectivity index (χ3n) is 2.36. The van der Waals surface area contributed by atoms with Gasteiger partial charge in [-0.2, -0.15) is 0 Å². The number of thioether (sulfide) groups is 1. The Kier molecular flexibility index (Phi) is 2.26. The highest BCUT2D eigenvalue weighted by molar-refractivity contribution is 8.18. The van der Waals surface area contributed by atoms with Crippen LogP contribution in [0.25, 0.3) is 17.0 Å². The summed E-state index contributed by atoms with van der Waals surface area (Å²) in [5.41, 5.74) is 0.758. The highest BCUT2D eigenvalue weighted by Gasteiger charge is 2.25. The molecule has 2 heterocycles. The van der Waals surface area contributed by atoms with Crippen molar-refractivity contribution >= 4 is 40.0 Å². The molecule has 17 heavy (non-hydrogen) atoms. The maximum atomic E-state index is 11.3. The third kappa shape index (κ3) is 1.85. The Labute approximate surface area is 101 Å². The van der Waals surface area contributed by atoms with Crippen molar-refractivity contribution in [2.45, 2.75) is 0 Å². The molecule has 5 heteroatoms. The lowest BCUT2D eigenvalue weighted by molar-refractivity contribution is -0.115. The van der Waals surface area contributed by atoms with E-state index in [0.717, 1.165) is 22.7 Å². The van der Waals surface area contributed by atoms with E-state index in [0.29, 0.717) is 10.7 Å². The number of furan rings is 1.